The third kappa shape index (κ3) is 3.40. The topological polar surface area (TPSA) is 35.2 Å². The molecule has 0 aromatic carbocycles. The third-order valence-electron chi connectivity index (χ3n) is 2.22. The summed E-state index contributed by atoms with van der Waals surface area (Å²) in [5, 5.41) is 4.17. The average Bonchev–Trinajstić information content (AvgIpc) is 2.67. The van der Waals surface area contributed by atoms with Gasteiger partial charge in [0.1, 0.15) is 0 Å². The lowest BCUT2D eigenvalue weighted by atomic mass is 10.2. The fourth-order valence-corrected chi connectivity index (χ4v) is 2.19. The Kier molecular flexibility index (Phi) is 5.15. The smallest absolute Gasteiger partial charge is 0.0958 e. The maximum absolute atomic E-state index is 5.87. The van der Waals surface area contributed by atoms with E-state index in [-0.39, 0.29) is 6.10 Å². The molecule has 1 heterocycles. The van der Waals surface area contributed by atoms with Crippen LogP contribution in [-0.4, -0.2) is 12.6 Å². The van der Waals surface area contributed by atoms with Gasteiger partial charge < -0.3 is 10.5 Å². The van der Waals surface area contributed by atoms with Crippen molar-refractivity contribution < 1.29 is 4.74 Å². The summed E-state index contributed by atoms with van der Waals surface area (Å²) in [6, 6.07) is 2.08. The zero-order valence-corrected chi connectivity index (χ0v) is 9.72. The lowest BCUT2D eigenvalue weighted by Crippen LogP contribution is -2.20. The molecule has 0 aliphatic carbocycles. The average molecular weight is 213 g/mol. The standard InChI is InChI=1S/C11H19NOS/c1-3-4-9(2)13-11(7-12)10-5-6-14-8-10/h5-6,8-9,11H,3-4,7,12H2,1-2H3. The summed E-state index contributed by atoms with van der Waals surface area (Å²) in [6.45, 7) is 4.84. The first-order valence-corrected chi connectivity index (χ1v) is 6.09. The van der Waals surface area contributed by atoms with Crippen LogP contribution in [0.4, 0.5) is 0 Å². The van der Waals surface area contributed by atoms with Crippen LogP contribution in [0, 0.1) is 0 Å². The lowest BCUT2D eigenvalue weighted by Gasteiger charge is -2.20. The molecule has 0 radical (unpaired) electrons. The van der Waals surface area contributed by atoms with Crippen molar-refractivity contribution in [1.82, 2.24) is 0 Å². The minimum absolute atomic E-state index is 0.0720. The van der Waals surface area contributed by atoms with Gasteiger partial charge in [-0.2, -0.15) is 11.3 Å². The van der Waals surface area contributed by atoms with E-state index in [2.05, 4.69) is 30.7 Å². The van der Waals surface area contributed by atoms with Gasteiger partial charge in [0.05, 0.1) is 12.2 Å². The first kappa shape index (κ1) is 11.7. The zero-order chi connectivity index (χ0) is 10.4. The second-order valence-corrected chi connectivity index (χ2v) is 4.30. The van der Waals surface area contributed by atoms with Crippen molar-refractivity contribution in [3.05, 3.63) is 22.4 Å². The molecule has 0 aliphatic heterocycles. The first-order chi connectivity index (χ1) is 6.77. The van der Waals surface area contributed by atoms with Gasteiger partial charge in [-0.05, 0) is 35.7 Å². The highest BCUT2D eigenvalue weighted by Gasteiger charge is 2.13. The third-order valence-corrected chi connectivity index (χ3v) is 2.92. The molecular formula is C11H19NOS. The van der Waals surface area contributed by atoms with E-state index in [0.29, 0.717) is 12.6 Å². The number of hydrogen-bond donors (Lipinski definition) is 1. The van der Waals surface area contributed by atoms with E-state index in [0.717, 1.165) is 12.8 Å². The van der Waals surface area contributed by atoms with Gasteiger partial charge in [0, 0.05) is 6.54 Å². The van der Waals surface area contributed by atoms with Crippen LogP contribution >= 0.6 is 11.3 Å². The molecule has 1 aromatic rings. The highest BCUT2D eigenvalue weighted by Crippen LogP contribution is 2.21. The number of ether oxygens (including phenoxy) is 1. The van der Waals surface area contributed by atoms with Crippen molar-refractivity contribution in [3.63, 3.8) is 0 Å². The SMILES string of the molecule is CCCC(C)OC(CN)c1ccsc1. The molecule has 1 rings (SSSR count). The Labute approximate surface area is 90.1 Å². The van der Waals surface area contributed by atoms with E-state index in [1.54, 1.807) is 11.3 Å². The Morgan fingerprint density at radius 2 is 2.36 bits per heavy atom. The Morgan fingerprint density at radius 1 is 1.57 bits per heavy atom. The van der Waals surface area contributed by atoms with Crippen molar-refractivity contribution in [3.8, 4) is 0 Å². The van der Waals surface area contributed by atoms with Crippen molar-refractivity contribution in [2.45, 2.75) is 38.9 Å². The Bertz CT molecular complexity index is 235. The van der Waals surface area contributed by atoms with E-state index in [1.807, 2.05) is 0 Å². The maximum Gasteiger partial charge on any atom is 0.0958 e. The van der Waals surface area contributed by atoms with E-state index < -0.39 is 0 Å². The fourth-order valence-electron chi connectivity index (χ4n) is 1.48. The number of hydrogen-bond acceptors (Lipinski definition) is 3. The molecule has 0 aliphatic rings. The van der Waals surface area contributed by atoms with Crippen molar-refractivity contribution in [2.75, 3.05) is 6.54 Å². The molecule has 0 amide bonds. The molecule has 2 unspecified atom stereocenters. The predicted molar refractivity (Wildman–Crippen MR) is 61.6 cm³/mol. The molecule has 0 fully saturated rings. The maximum atomic E-state index is 5.87. The second kappa shape index (κ2) is 6.17. The summed E-state index contributed by atoms with van der Waals surface area (Å²) >= 11 is 1.69. The van der Waals surface area contributed by atoms with Crippen LogP contribution in [0.3, 0.4) is 0 Å². The van der Waals surface area contributed by atoms with Crippen molar-refractivity contribution in [2.24, 2.45) is 5.73 Å². The number of thiophene rings is 1. The largest absolute Gasteiger partial charge is 0.369 e. The molecule has 14 heavy (non-hydrogen) atoms. The molecule has 0 spiro atoms. The molecule has 2 N–H and O–H groups in total. The summed E-state index contributed by atoms with van der Waals surface area (Å²) in [5.41, 5.74) is 6.90. The second-order valence-electron chi connectivity index (χ2n) is 3.52. The van der Waals surface area contributed by atoms with Gasteiger partial charge in [-0.25, -0.2) is 0 Å². The summed E-state index contributed by atoms with van der Waals surface area (Å²) in [7, 11) is 0. The van der Waals surface area contributed by atoms with Crippen LogP contribution in [0.15, 0.2) is 16.8 Å². The molecule has 0 saturated heterocycles. The van der Waals surface area contributed by atoms with E-state index in [1.165, 1.54) is 5.56 Å². The summed E-state index contributed by atoms with van der Waals surface area (Å²) in [5.74, 6) is 0. The molecule has 2 nitrogen and oxygen atoms in total. The molecule has 80 valence electrons. The van der Waals surface area contributed by atoms with Crippen LogP contribution in [0.2, 0.25) is 0 Å². The minimum Gasteiger partial charge on any atom is -0.369 e. The van der Waals surface area contributed by atoms with Gasteiger partial charge in [0.15, 0.2) is 0 Å². The summed E-state index contributed by atoms with van der Waals surface area (Å²) in [4.78, 5) is 0. The molecule has 1 aromatic heterocycles. The van der Waals surface area contributed by atoms with Crippen LogP contribution in [0.5, 0.6) is 0 Å². The Balaban J connectivity index is 2.47. The van der Waals surface area contributed by atoms with Crippen molar-refractivity contribution in [1.29, 1.82) is 0 Å². The van der Waals surface area contributed by atoms with Crippen LogP contribution in [0.25, 0.3) is 0 Å². The predicted octanol–water partition coefficient (Wildman–Crippen LogP) is 2.95. The number of nitrogens with two attached hydrogens (primary N) is 1. The molecule has 0 bridgehead atoms. The van der Waals surface area contributed by atoms with E-state index in [9.17, 15) is 0 Å². The Hall–Kier alpha value is -0.380. The quantitative estimate of drug-likeness (QED) is 0.788. The van der Waals surface area contributed by atoms with Gasteiger partial charge in [0.25, 0.3) is 0 Å². The van der Waals surface area contributed by atoms with Crippen LogP contribution in [-0.2, 0) is 4.74 Å². The summed E-state index contributed by atoms with van der Waals surface area (Å²) in [6.07, 6.45) is 2.62. The van der Waals surface area contributed by atoms with Gasteiger partial charge in [-0.15, -0.1) is 0 Å². The normalized spacial score (nSPS) is 15.4. The van der Waals surface area contributed by atoms with E-state index >= 15 is 0 Å². The minimum atomic E-state index is 0.0720. The highest BCUT2D eigenvalue weighted by molar-refractivity contribution is 7.07. The zero-order valence-electron chi connectivity index (χ0n) is 8.90. The van der Waals surface area contributed by atoms with Crippen LogP contribution < -0.4 is 5.73 Å². The first-order valence-electron chi connectivity index (χ1n) is 5.15. The fraction of sp³-hybridized carbons (Fsp3) is 0.636. The molecule has 0 saturated carbocycles. The lowest BCUT2D eigenvalue weighted by molar-refractivity contribution is -0.00261. The monoisotopic (exact) mass is 213 g/mol. The van der Waals surface area contributed by atoms with Gasteiger partial charge >= 0.3 is 0 Å². The van der Waals surface area contributed by atoms with Crippen LogP contribution in [0.1, 0.15) is 38.4 Å². The molecule has 3 heteroatoms. The summed E-state index contributed by atoms with van der Waals surface area (Å²) < 4.78 is 5.87. The van der Waals surface area contributed by atoms with E-state index in [4.69, 9.17) is 10.5 Å². The van der Waals surface area contributed by atoms with Crippen molar-refractivity contribution >= 4 is 11.3 Å². The number of rotatable bonds is 6. The molecular weight excluding hydrogens is 194 g/mol. The van der Waals surface area contributed by atoms with Gasteiger partial charge in [-0.1, -0.05) is 13.3 Å². The molecule has 2 atom stereocenters. The highest BCUT2D eigenvalue weighted by atomic mass is 32.1. The van der Waals surface area contributed by atoms with Gasteiger partial charge in [0.2, 0.25) is 0 Å². The Morgan fingerprint density at radius 3 is 2.86 bits per heavy atom. The van der Waals surface area contributed by atoms with Gasteiger partial charge in [-0.3, -0.25) is 0 Å².